The second-order valence-corrected chi connectivity index (χ2v) is 9.32. The van der Waals surface area contributed by atoms with Crippen LogP contribution in [0.5, 0.6) is 0 Å². The van der Waals surface area contributed by atoms with Gasteiger partial charge in [-0.3, -0.25) is 0 Å². The quantitative estimate of drug-likeness (QED) is 0.403. The van der Waals surface area contributed by atoms with Crippen LogP contribution in [0.15, 0.2) is 72.8 Å². The van der Waals surface area contributed by atoms with Gasteiger partial charge in [0.05, 0.1) is 5.92 Å². The molecule has 0 aliphatic carbocycles. The molecule has 3 aromatic rings. The third kappa shape index (κ3) is 4.95. The van der Waals surface area contributed by atoms with Gasteiger partial charge in [0.15, 0.2) is 0 Å². The Morgan fingerprint density at radius 3 is 1.40 bits per heavy atom. The number of hydrogen-bond acceptors (Lipinski definition) is 0. The molecule has 0 nitrogen and oxygen atoms in total. The molecule has 0 bridgehead atoms. The maximum absolute atomic E-state index is 13.6. The van der Waals surface area contributed by atoms with Crippen molar-refractivity contribution in [2.45, 2.75) is 52.6 Å². The van der Waals surface area contributed by atoms with Crippen molar-refractivity contribution in [3.63, 3.8) is 0 Å². The van der Waals surface area contributed by atoms with E-state index in [1.165, 1.54) is 5.56 Å². The Hall–Kier alpha value is -2.55. The zero-order chi connectivity index (χ0) is 22.1. The molecule has 3 heteroatoms. The van der Waals surface area contributed by atoms with E-state index in [-0.39, 0.29) is 0 Å². The van der Waals surface area contributed by atoms with E-state index in [9.17, 15) is 13.2 Å². The molecular weight excluding hydrogens is 381 g/mol. The highest BCUT2D eigenvalue weighted by atomic mass is 19.4. The van der Waals surface area contributed by atoms with Crippen molar-refractivity contribution in [2.75, 3.05) is 0 Å². The van der Waals surface area contributed by atoms with E-state index < -0.39 is 17.5 Å². The molecule has 1 atom stereocenters. The van der Waals surface area contributed by atoms with Crippen LogP contribution >= 0.6 is 0 Å². The smallest absolute Gasteiger partial charge is 0.170 e. The van der Waals surface area contributed by atoms with Gasteiger partial charge in [0, 0.05) is 0 Å². The average molecular weight is 411 g/mol. The molecule has 1 unspecified atom stereocenters. The molecule has 0 N–H and O–H groups in total. The van der Waals surface area contributed by atoms with Crippen molar-refractivity contribution in [3.05, 3.63) is 83.9 Å². The Labute approximate surface area is 177 Å². The lowest BCUT2D eigenvalue weighted by molar-refractivity contribution is -0.171. The predicted octanol–water partition coefficient (Wildman–Crippen LogP) is 8.84. The second kappa shape index (κ2) is 8.29. The fourth-order valence-corrected chi connectivity index (χ4v) is 3.99. The number of halogens is 3. The first-order chi connectivity index (χ1) is 14.0. The molecule has 0 fully saturated rings. The molecular formula is C27H29F3. The van der Waals surface area contributed by atoms with Gasteiger partial charge in [0.1, 0.15) is 0 Å². The molecule has 0 amide bonds. The first-order valence-corrected chi connectivity index (χ1v) is 10.3. The lowest BCUT2D eigenvalue weighted by atomic mass is 9.76. The number of hydrogen-bond donors (Lipinski definition) is 0. The van der Waals surface area contributed by atoms with E-state index in [1.807, 2.05) is 12.1 Å². The van der Waals surface area contributed by atoms with E-state index in [0.717, 1.165) is 22.3 Å². The predicted molar refractivity (Wildman–Crippen MR) is 120 cm³/mol. The highest BCUT2D eigenvalue weighted by Crippen LogP contribution is 2.47. The summed E-state index contributed by atoms with van der Waals surface area (Å²) in [6, 6.07) is 23.5. The van der Waals surface area contributed by atoms with Gasteiger partial charge in [-0.15, -0.1) is 0 Å². The number of rotatable bonds is 4. The van der Waals surface area contributed by atoms with Crippen LogP contribution in [0.2, 0.25) is 0 Å². The monoisotopic (exact) mass is 410 g/mol. The van der Waals surface area contributed by atoms with Crippen molar-refractivity contribution in [1.82, 2.24) is 0 Å². The average Bonchev–Trinajstić information content (AvgIpc) is 2.66. The summed E-state index contributed by atoms with van der Waals surface area (Å²) in [5, 5.41) is 0. The van der Waals surface area contributed by atoms with Crippen LogP contribution in [0.3, 0.4) is 0 Å². The molecule has 3 aromatic carbocycles. The van der Waals surface area contributed by atoms with Crippen LogP contribution in [0.4, 0.5) is 13.2 Å². The lowest BCUT2D eigenvalue weighted by Gasteiger charge is -2.33. The Bertz CT molecular complexity index is 958. The largest absolute Gasteiger partial charge is 0.396 e. The van der Waals surface area contributed by atoms with Gasteiger partial charge < -0.3 is 0 Å². The molecule has 30 heavy (non-hydrogen) atoms. The van der Waals surface area contributed by atoms with Crippen molar-refractivity contribution in [1.29, 1.82) is 0 Å². The van der Waals surface area contributed by atoms with Crippen LogP contribution < -0.4 is 0 Å². The van der Waals surface area contributed by atoms with Gasteiger partial charge in [0.25, 0.3) is 0 Å². The fourth-order valence-electron chi connectivity index (χ4n) is 3.99. The molecule has 0 saturated heterocycles. The van der Waals surface area contributed by atoms with E-state index in [4.69, 9.17) is 0 Å². The third-order valence-corrected chi connectivity index (χ3v) is 5.54. The number of alkyl halides is 3. The van der Waals surface area contributed by atoms with Crippen LogP contribution in [0.1, 0.15) is 57.6 Å². The van der Waals surface area contributed by atoms with Crippen molar-refractivity contribution in [2.24, 2.45) is 5.41 Å². The first-order valence-electron chi connectivity index (χ1n) is 10.3. The SMILES string of the molecule is CC(C)c1ccc(-c2cccc(-c3ccc(C(C(C)(C)C)C(F)(F)F)cc3)c2)cc1. The molecule has 0 saturated carbocycles. The summed E-state index contributed by atoms with van der Waals surface area (Å²) >= 11 is 0. The van der Waals surface area contributed by atoms with E-state index in [0.29, 0.717) is 11.5 Å². The maximum Gasteiger partial charge on any atom is 0.396 e. The zero-order valence-electron chi connectivity index (χ0n) is 18.2. The van der Waals surface area contributed by atoms with Gasteiger partial charge >= 0.3 is 6.18 Å². The summed E-state index contributed by atoms with van der Waals surface area (Å²) in [7, 11) is 0. The normalized spacial score (nSPS) is 13.5. The summed E-state index contributed by atoms with van der Waals surface area (Å²) in [6.45, 7) is 9.23. The van der Waals surface area contributed by atoms with Gasteiger partial charge in [-0.1, -0.05) is 101 Å². The Kier molecular flexibility index (Phi) is 6.12. The Balaban J connectivity index is 1.91. The first kappa shape index (κ1) is 22.1. The summed E-state index contributed by atoms with van der Waals surface area (Å²) in [4.78, 5) is 0. The van der Waals surface area contributed by atoms with Crippen molar-refractivity contribution < 1.29 is 13.2 Å². The summed E-state index contributed by atoms with van der Waals surface area (Å²) in [5.74, 6) is -1.01. The van der Waals surface area contributed by atoms with Crippen LogP contribution in [-0.4, -0.2) is 6.18 Å². The maximum atomic E-state index is 13.6. The Morgan fingerprint density at radius 2 is 1.03 bits per heavy atom. The van der Waals surface area contributed by atoms with Crippen LogP contribution in [0.25, 0.3) is 22.3 Å². The standard InChI is InChI=1S/C27H29F3/c1-18(2)19-9-11-20(12-10-19)23-7-6-8-24(17-23)21-13-15-22(16-14-21)25(26(3,4)5)27(28,29)30/h6-18,25H,1-5H3. The minimum absolute atomic E-state index is 0.305. The number of benzene rings is 3. The molecule has 0 aliphatic heterocycles. The molecule has 158 valence electrons. The highest BCUT2D eigenvalue weighted by Gasteiger charge is 2.47. The second-order valence-electron chi connectivity index (χ2n) is 9.32. The van der Waals surface area contributed by atoms with Crippen molar-refractivity contribution >= 4 is 0 Å². The minimum Gasteiger partial charge on any atom is -0.170 e. The topological polar surface area (TPSA) is 0 Å². The summed E-state index contributed by atoms with van der Waals surface area (Å²) < 4.78 is 40.9. The molecule has 0 heterocycles. The Morgan fingerprint density at radius 1 is 0.600 bits per heavy atom. The van der Waals surface area contributed by atoms with Gasteiger partial charge in [-0.25, -0.2) is 0 Å². The highest BCUT2D eigenvalue weighted by molar-refractivity contribution is 5.73. The van der Waals surface area contributed by atoms with E-state index >= 15 is 0 Å². The zero-order valence-corrected chi connectivity index (χ0v) is 18.2. The fraction of sp³-hybridized carbons (Fsp3) is 0.333. The van der Waals surface area contributed by atoms with Gasteiger partial charge in [-0.05, 0) is 50.8 Å². The minimum atomic E-state index is -4.28. The molecule has 3 rings (SSSR count). The summed E-state index contributed by atoms with van der Waals surface area (Å²) in [6.07, 6.45) is -4.28. The third-order valence-electron chi connectivity index (χ3n) is 5.54. The molecule has 0 aromatic heterocycles. The lowest BCUT2D eigenvalue weighted by Crippen LogP contribution is -2.32. The van der Waals surface area contributed by atoms with E-state index in [1.54, 1.807) is 45.0 Å². The summed E-state index contributed by atoms with van der Waals surface area (Å²) in [5.41, 5.74) is 4.82. The van der Waals surface area contributed by atoms with Gasteiger partial charge in [0.2, 0.25) is 0 Å². The molecule has 0 radical (unpaired) electrons. The molecule has 0 spiro atoms. The van der Waals surface area contributed by atoms with E-state index in [2.05, 4.69) is 50.2 Å². The molecule has 0 aliphatic rings. The van der Waals surface area contributed by atoms with Gasteiger partial charge in [-0.2, -0.15) is 13.2 Å². The van der Waals surface area contributed by atoms with Crippen LogP contribution in [0, 0.1) is 5.41 Å². The van der Waals surface area contributed by atoms with Crippen LogP contribution in [-0.2, 0) is 0 Å². The van der Waals surface area contributed by atoms with Crippen molar-refractivity contribution in [3.8, 4) is 22.3 Å².